The predicted molar refractivity (Wildman–Crippen MR) is 80.6 cm³/mol. The molecule has 5 heteroatoms. The van der Waals surface area contributed by atoms with E-state index in [0.717, 1.165) is 32.5 Å². The summed E-state index contributed by atoms with van der Waals surface area (Å²) >= 11 is 0. The number of carbonyl (C=O) groups excluding carboxylic acids is 2. The Labute approximate surface area is 122 Å². The number of hydrogen-bond acceptors (Lipinski definition) is 4. The second-order valence-corrected chi connectivity index (χ2v) is 6.02. The number of hydrogen-bond donors (Lipinski definition) is 2. The number of nitrogens with zero attached hydrogens (tertiary/aromatic N) is 1. The molecule has 0 aromatic rings. The summed E-state index contributed by atoms with van der Waals surface area (Å²) in [5, 5.41) is 6.21. The maximum atomic E-state index is 12.2. The van der Waals surface area contributed by atoms with Gasteiger partial charge in [-0.15, -0.1) is 0 Å². The van der Waals surface area contributed by atoms with Crippen LogP contribution in [-0.4, -0.2) is 54.9 Å². The lowest BCUT2D eigenvalue weighted by molar-refractivity contribution is -0.128. The normalized spacial score (nSPS) is 20.4. The highest BCUT2D eigenvalue weighted by Gasteiger charge is 2.26. The van der Waals surface area contributed by atoms with E-state index < -0.39 is 0 Å². The van der Waals surface area contributed by atoms with Gasteiger partial charge in [-0.05, 0) is 38.8 Å². The van der Waals surface area contributed by atoms with Crippen molar-refractivity contribution < 1.29 is 9.59 Å². The van der Waals surface area contributed by atoms with E-state index in [1.807, 2.05) is 13.8 Å². The van der Waals surface area contributed by atoms with Gasteiger partial charge in [-0.3, -0.25) is 14.5 Å². The molecule has 116 valence electrons. The molecule has 1 heterocycles. The maximum Gasteiger partial charge on any atom is 0.234 e. The van der Waals surface area contributed by atoms with Crippen molar-refractivity contribution in [3.8, 4) is 0 Å². The van der Waals surface area contributed by atoms with Gasteiger partial charge >= 0.3 is 0 Å². The monoisotopic (exact) mass is 283 g/mol. The van der Waals surface area contributed by atoms with Crippen LogP contribution in [0.1, 0.15) is 40.5 Å². The van der Waals surface area contributed by atoms with Crippen LogP contribution in [0.4, 0.5) is 0 Å². The summed E-state index contributed by atoms with van der Waals surface area (Å²) in [4.78, 5) is 26.0. The van der Waals surface area contributed by atoms with Crippen LogP contribution >= 0.6 is 0 Å². The number of amides is 1. The second kappa shape index (κ2) is 8.37. The molecule has 0 aliphatic carbocycles. The summed E-state index contributed by atoms with van der Waals surface area (Å²) in [6.45, 7) is 10.9. The highest BCUT2D eigenvalue weighted by molar-refractivity contribution is 5.88. The molecule has 1 saturated heterocycles. The zero-order chi connectivity index (χ0) is 15.1. The van der Waals surface area contributed by atoms with Gasteiger partial charge in [-0.1, -0.05) is 20.8 Å². The average Bonchev–Trinajstić information content (AvgIpc) is 2.88. The van der Waals surface area contributed by atoms with Crippen molar-refractivity contribution in [1.82, 2.24) is 15.5 Å². The van der Waals surface area contributed by atoms with Crippen LogP contribution in [0.15, 0.2) is 0 Å². The van der Waals surface area contributed by atoms with Crippen LogP contribution in [-0.2, 0) is 9.59 Å². The first-order chi connectivity index (χ1) is 9.45. The summed E-state index contributed by atoms with van der Waals surface area (Å²) in [7, 11) is 0. The zero-order valence-electron chi connectivity index (χ0n) is 13.2. The van der Waals surface area contributed by atoms with Gasteiger partial charge in [-0.25, -0.2) is 0 Å². The van der Waals surface area contributed by atoms with Gasteiger partial charge in [0, 0.05) is 12.6 Å². The second-order valence-electron chi connectivity index (χ2n) is 6.02. The molecule has 0 aromatic carbocycles. The van der Waals surface area contributed by atoms with Crippen molar-refractivity contribution >= 4 is 11.7 Å². The Hall–Kier alpha value is -0.940. The van der Waals surface area contributed by atoms with E-state index in [9.17, 15) is 9.59 Å². The fourth-order valence-corrected chi connectivity index (χ4v) is 2.77. The molecule has 1 amide bonds. The SMILES string of the molecule is CCCN(CC(=O)NC(C(C)=O)C(C)C)C1CCNC1. The number of Topliss-reactive ketones (excluding diaryl/α,β-unsaturated/α-hetero) is 1. The van der Waals surface area contributed by atoms with E-state index in [2.05, 4.69) is 22.5 Å². The Morgan fingerprint density at radius 1 is 1.40 bits per heavy atom. The average molecular weight is 283 g/mol. The van der Waals surface area contributed by atoms with Crippen LogP contribution in [0.25, 0.3) is 0 Å². The summed E-state index contributed by atoms with van der Waals surface area (Å²) < 4.78 is 0. The van der Waals surface area contributed by atoms with Gasteiger partial charge in [0.15, 0.2) is 5.78 Å². The van der Waals surface area contributed by atoms with Crippen molar-refractivity contribution in [3.05, 3.63) is 0 Å². The molecule has 0 bridgehead atoms. The summed E-state index contributed by atoms with van der Waals surface area (Å²) in [6, 6.07) is 0.0724. The molecule has 5 nitrogen and oxygen atoms in total. The van der Waals surface area contributed by atoms with Crippen LogP contribution in [0.3, 0.4) is 0 Å². The van der Waals surface area contributed by atoms with Crippen LogP contribution in [0.5, 0.6) is 0 Å². The van der Waals surface area contributed by atoms with E-state index in [4.69, 9.17) is 0 Å². The van der Waals surface area contributed by atoms with Crippen molar-refractivity contribution in [1.29, 1.82) is 0 Å². The fourth-order valence-electron chi connectivity index (χ4n) is 2.77. The molecule has 2 unspecified atom stereocenters. The fraction of sp³-hybridized carbons (Fsp3) is 0.867. The van der Waals surface area contributed by atoms with E-state index in [0.29, 0.717) is 12.6 Å². The smallest absolute Gasteiger partial charge is 0.234 e. The van der Waals surface area contributed by atoms with Crippen LogP contribution in [0.2, 0.25) is 0 Å². The summed E-state index contributed by atoms with van der Waals surface area (Å²) in [5.41, 5.74) is 0. The molecule has 0 radical (unpaired) electrons. The molecule has 2 atom stereocenters. The lowest BCUT2D eigenvalue weighted by atomic mass is 10.0. The minimum absolute atomic E-state index is 0.0259. The molecule has 2 N–H and O–H groups in total. The molecule has 1 fully saturated rings. The largest absolute Gasteiger partial charge is 0.345 e. The first kappa shape index (κ1) is 17.1. The molecule has 1 aliphatic heterocycles. The topological polar surface area (TPSA) is 61.4 Å². The first-order valence-corrected chi connectivity index (χ1v) is 7.70. The highest BCUT2D eigenvalue weighted by atomic mass is 16.2. The molecule has 20 heavy (non-hydrogen) atoms. The maximum absolute atomic E-state index is 12.2. The van der Waals surface area contributed by atoms with Gasteiger partial charge in [0.05, 0.1) is 12.6 Å². The molecule has 0 spiro atoms. The molecular formula is C15H29N3O2. The first-order valence-electron chi connectivity index (χ1n) is 7.70. The van der Waals surface area contributed by atoms with E-state index >= 15 is 0 Å². The Kier molecular flexibility index (Phi) is 7.16. The van der Waals surface area contributed by atoms with Gasteiger partial charge in [0.25, 0.3) is 0 Å². The van der Waals surface area contributed by atoms with Gasteiger partial charge in [0.2, 0.25) is 5.91 Å². The number of ketones is 1. The van der Waals surface area contributed by atoms with E-state index in [1.165, 1.54) is 6.92 Å². The van der Waals surface area contributed by atoms with Gasteiger partial charge in [-0.2, -0.15) is 0 Å². The number of nitrogens with one attached hydrogen (secondary N) is 2. The third-order valence-corrected chi connectivity index (χ3v) is 3.83. The Morgan fingerprint density at radius 3 is 2.55 bits per heavy atom. The van der Waals surface area contributed by atoms with Gasteiger partial charge < -0.3 is 10.6 Å². The third kappa shape index (κ3) is 5.21. The number of carbonyl (C=O) groups is 2. The lowest BCUT2D eigenvalue weighted by Gasteiger charge is -2.28. The lowest BCUT2D eigenvalue weighted by Crippen LogP contribution is -2.49. The van der Waals surface area contributed by atoms with Crippen molar-refractivity contribution in [2.45, 2.75) is 52.6 Å². The van der Waals surface area contributed by atoms with Crippen molar-refractivity contribution in [2.75, 3.05) is 26.2 Å². The Morgan fingerprint density at radius 2 is 2.10 bits per heavy atom. The zero-order valence-corrected chi connectivity index (χ0v) is 13.2. The molecule has 1 rings (SSSR count). The molecular weight excluding hydrogens is 254 g/mol. The van der Waals surface area contributed by atoms with E-state index in [-0.39, 0.29) is 23.7 Å². The summed E-state index contributed by atoms with van der Waals surface area (Å²) in [5.74, 6) is 0.112. The van der Waals surface area contributed by atoms with E-state index in [1.54, 1.807) is 0 Å². The minimum atomic E-state index is -0.368. The standard InChI is InChI=1S/C15H29N3O2/c1-5-8-18(13-6-7-16-9-13)10-14(20)17-15(11(2)3)12(4)19/h11,13,15-16H,5-10H2,1-4H3,(H,17,20). The Bertz CT molecular complexity index is 325. The van der Waals surface area contributed by atoms with Crippen molar-refractivity contribution in [2.24, 2.45) is 5.92 Å². The summed E-state index contributed by atoms with van der Waals surface area (Å²) in [6.07, 6.45) is 2.12. The molecule has 1 aliphatic rings. The minimum Gasteiger partial charge on any atom is -0.345 e. The van der Waals surface area contributed by atoms with Crippen LogP contribution < -0.4 is 10.6 Å². The van der Waals surface area contributed by atoms with Crippen molar-refractivity contribution in [3.63, 3.8) is 0 Å². The predicted octanol–water partition coefficient (Wildman–Crippen LogP) is 0.790. The molecule has 0 aromatic heterocycles. The molecule has 0 saturated carbocycles. The Balaban J connectivity index is 2.54. The number of rotatable bonds is 8. The quantitative estimate of drug-likeness (QED) is 0.691. The third-order valence-electron chi connectivity index (χ3n) is 3.83. The van der Waals surface area contributed by atoms with Crippen LogP contribution in [0, 0.1) is 5.92 Å². The van der Waals surface area contributed by atoms with Gasteiger partial charge in [0.1, 0.15) is 0 Å². The highest BCUT2D eigenvalue weighted by Crippen LogP contribution is 2.09.